The van der Waals surface area contributed by atoms with Crippen LogP contribution in [-0.2, 0) is 23.0 Å². The third-order valence-corrected chi connectivity index (χ3v) is 8.23. The molecule has 1 aliphatic heterocycles. The summed E-state index contributed by atoms with van der Waals surface area (Å²) in [5, 5.41) is 0.762. The van der Waals surface area contributed by atoms with Gasteiger partial charge in [0.1, 0.15) is 4.21 Å². The van der Waals surface area contributed by atoms with Gasteiger partial charge in [-0.05, 0) is 30.2 Å². The number of sulfonamides is 1. The number of hydrogen-bond acceptors (Lipinski definition) is 4. The van der Waals surface area contributed by atoms with Gasteiger partial charge in [0.25, 0.3) is 10.0 Å². The standard InChI is InChI=1S/C17H21ClN2O2S2/c1-2-15-7-8-17(23-15)24(21,22)20-11-9-19(10-12-20)13-14-5-3-4-6-16(14)18/h3-8H,2,9-13H2,1H3. The highest BCUT2D eigenvalue weighted by atomic mass is 35.5. The Bertz CT molecular complexity index is 796. The Morgan fingerprint density at radius 1 is 1.08 bits per heavy atom. The molecule has 24 heavy (non-hydrogen) atoms. The minimum Gasteiger partial charge on any atom is -0.296 e. The van der Waals surface area contributed by atoms with Crippen LogP contribution < -0.4 is 0 Å². The average molecular weight is 385 g/mol. The number of aryl methyl sites for hydroxylation is 1. The van der Waals surface area contributed by atoms with Crippen molar-refractivity contribution in [3.8, 4) is 0 Å². The van der Waals surface area contributed by atoms with Crippen LogP contribution in [0.1, 0.15) is 17.4 Å². The molecule has 0 N–H and O–H groups in total. The van der Waals surface area contributed by atoms with Crippen molar-refractivity contribution in [2.24, 2.45) is 0 Å². The Morgan fingerprint density at radius 3 is 2.42 bits per heavy atom. The molecule has 0 aliphatic carbocycles. The molecule has 4 nitrogen and oxygen atoms in total. The number of benzene rings is 1. The lowest BCUT2D eigenvalue weighted by Crippen LogP contribution is -2.48. The first-order valence-electron chi connectivity index (χ1n) is 8.05. The number of piperazine rings is 1. The normalized spacial score (nSPS) is 17.2. The van der Waals surface area contributed by atoms with Crippen molar-refractivity contribution >= 4 is 33.0 Å². The largest absolute Gasteiger partial charge is 0.296 e. The number of hydrogen-bond donors (Lipinski definition) is 0. The molecule has 2 aromatic rings. The number of nitrogens with zero attached hydrogens (tertiary/aromatic N) is 2. The van der Waals surface area contributed by atoms with Crippen molar-refractivity contribution < 1.29 is 8.42 Å². The van der Waals surface area contributed by atoms with E-state index in [1.807, 2.05) is 37.3 Å². The second kappa shape index (κ2) is 7.54. The topological polar surface area (TPSA) is 40.6 Å². The van der Waals surface area contributed by atoms with Crippen LogP contribution >= 0.6 is 22.9 Å². The van der Waals surface area contributed by atoms with Crippen molar-refractivity contribution in [2.45, 2.75) is 24.1 Å². The van der Waals surface area contributed by atoms with Gasteiger partial charge in [-0.25, -0.2) is 8.42 Å². The highest BCUT2D eigenvalue weighted by molar-refractivity contribution is 7.91. The van der Waals surface area contributed by atoms with Crippen LogP contribution in [0.4, 0.5) is 0 Å². The Hall–Kier alpha value is -0.920. The summed E-state index contributed by atoms with van der Waals surface area (Å²) in [7, 11) is -3.36. The van der Waals surface area contributed by atoms with E-state index in [1.165, 1.54) is 11.3 Å². The van der Waals surface area contributed by atoms with Crippen LogP contribution in [0.25, 0.3) is 0 Å². The maximum Gasteiger partial charge on any atom is 0.252 e. The van der Waals surface area contributed by atoms with Gasteiger partial charge in [-0.3, -0.25) is 4.90 Å². The van der Waals surface area contributed by atoms with Crippen LogP contribution in [0.15, 0.2) is 40.6 Å². The molecule has 1 aromatic heterocycles. The molecule has 0 saturated carbocycles. The zero-order chi connectivity index (χ0) is 17.2. The van der Waals surface area contributed by atoms with Gasteiger partial charge in [0.2, 0.25) is 0 Å². The lowest BCUT2D eigenvalue weighted by Gasteiger charge is -2.33. The van der Waals surface area contributed by atoms with Gasteiger partial charge >= 0.3 is 0 Å². The molecule has 3 rings (SSSR count). The fourth-order valence-corrected chi connectivity index (χ4v) is 5.88. The van der Waals surface area contributed by atoms with Crippen molar-refractivity contribution in [3.63, 3.8) is 0 Å². The lowest BCUT2D eigenvalue weighted by atomic mass is 10.2. The summed E-state index contributed by atoms with van der Waals surface area (Å²) in [6.07, 6.45) is 0.867. The summed E-state index contributed by atoms with van der Waals surface area (Å²) in [4.78, 5) is 3.35. The zero-order valence-corrected chi connectivity index (χ0v) is 16.0. The molecule has 130 valence electrons. The molecule has 0 radical (unpaired) electrons. The third kappa shape index (κ3) is 3.83. The number of rotatable bonds is 5. The minimum absolute atomic E-state index is 0.457. The van der Waals surface area contributed by atoms with Crippen LogP contribution in [0, 0.1) is 0 Å². The molecule has 0 unspecified atom stereocenters. The van der Waals surface area contributed by atoms with E-state index in [-0.39, 0.29) is 0 Å². The Labute approximate surface area is 152 Å². The zero-order valence-electron chi connectivity index (χ0n) is 13.6. The third-order valence-electron chi connectivity index (χ3n) is 4.26. The predicted octanol–water partition coefficient (Wildman–Crippen LogP) is 3.47. The summed E-state index contributed by atoms with van der Waals surface area (Å²) in [5.74, 6) is 0. The van der Waals surface area contributed by atoms with Crippen molar-refractivity contribution in [1.82, 2.24) is 9.21 Å². The van der Waals surface area contributed by atoms with Crippen molar-refractivity contribution in [3.05, 3.63) is 51.9 Å². The van der Waals surface area contributed by atoms with E-state index in [4.69, 9.17) is 11.6 Å². The van der Waals surface area contributed by atoms with Crippen LogP contribution in [-0.4, -0.2) is 43.8 Å². The van der Waals surface area contributed by atoms with E-state index in [0.717, 1.165) is 41.5 Å². The smallest absolute Gasteiger partial charge is 0.252 e. The van der Waals surface area contributed by atoms with E-state index in [0.29, 0.717) is 17.3 Å². The van der Waals surface area contributed by atoms with Gasteiger partial charge in [0.05, 0.1) is 0 Å². The highest BCUT2D eigenvalue weighted by Crippen LogP contribution is 2.26. The maximum atomic E-state index is 12.7. The molecule has 2 heterocycles. The van der Waals surface area contributed by atoms with E-state index in [1.54, 1.807) is 10.4 Å². The van der Waals surface area contributed by atoms with Crippen LogP contribution in [0.2, 0.25) is 5.02 Å². The fraction of sp³-hybridized carbons (Fsp3) is 0.412. The van der Waals surface area contributed by atoms with Gasteiger partial charge in [0.15, 0.2) is 0 Å². The quantitative estimate of drug-likeness (QED) is 0.792. The number of thiophene rings is 1. The summed E-state index contributed by atoms with van der Waals surface area (Å²) in [6, 6.07) is 11.4. The second-order valence-electron chi connectivity index (χ2n) is 5.85. The second-order valence-corrected chi connectivity index (χ2v) is 9.59. The summed E-state index contributed by atoms with van der Waals surface area (Å²) in [5.41, 5.74) is 1.08. The summed E-state index contributed by atoms with van der Waals surface area (Å²) >= 11 is 7.59. The Balaban J connectivity index is 1.63. The van der Waals surface area contributed by atoms with Gasteiger partial charge in [-0.1, -0.05) is 36.7 Å². The van der Waals surface area contributed by atoms with Crippen LogP contribution in [0.5, 0.6) is 0 Å². The first kappa shape index (κ1) is 17.9. The minimum atomic E-state index is -3.36. The maximum absolute atomic E-state index is 12.7. The molecule has 1 saturated heterocycles. The molecule has 0 spiro atoms. The summed E-state index contributed by atoms with van der Waals surface area (Å²) < 4.78 is 27.5. The van der Waals surface area contributed by atoms with E-state index < -0.39 is 10.0 Å². The molecule has 7 heteroatoms. The average Bonchev–Trinajstić information content (AvgIpc) is 3.07. The molecule has 1 aromatic carbocycles. The number of halogens is 1. The van der Waals surface area contributed by atoms with E-state index in [9.17, 15) is 8.42 Å². The molecular weight excluding hydrogens is 364 g/mol. The Kier molecular flexibility index (Phi) is 5.62. The van der Waals surface area contributed by atoms with E-state index in [2.05, 4.69) is 4.90 Å². The molecule has 0 atom stereocenters. The first-order chi connectivity index (χ1) is 11.5. The molecular formula is C17H21ClN2O2S2. The SMILES string of the molecule is CCc1ccc(S(=O)(=O)N2CCN(Cc3ccccc3Cl)CC2)s1. The van der Waals surface area contributed by atoms with Crippen molar-refractivity contribution in [2.75, 3.05) is 26.2 Å². The molecule has 1 aliphatic rings. The van der Waals surface area contributed by atoms with Gasteiger partial charge in [-0.15, -0.1) is 11.3 Å². The molecule has 0 amide bonds. The van der Waals surface area contributed by atoms with E-state index >= 15 is 0 Å². The molecule has 0 bridgehead atoms. The summed E-state index contributed by atoms with van der Waals surface area (Å²) in [6.45, 7) is 5.27. The van der Waals surface area contributed by atoms with Gasteiger partial charge < -0.3 is 0 Å². The van der Waals surface area contributed by atoms with Gasteiger partial charge in [0, 0.05) is 42.6 Å². The van der Waals surface area contributed by atoms with Crippen molar-refractivity contribution in [1.29, 1.82) is 0 Å². The highest BCUT2D eigenvalue weighted by Gasteiger charge is 2.29. The lowest BCUT2D eigenvalue weighted by molar-refractivity contribution is 0.182. The monoisotopic (exact) mass is 384 g/mol. The molecule has 1 fully saturated rings. The van der Waals surface area contributed by atoms with Gasteiger partial charge in [-0.2, -0.15) is 4.31 Å². The van der Waals surface area contributed by atoms with Crippen LogP contribution in [0.3, 0.4) is 0 Å². The first-order valence-corrected chi connectivity index (χ1v) is 10.7. The fourth-order valence-electron chi connectivity index (χ4n) is 2.81. The Morgan fingerprint density at radius 2 is 1.79 bits per heavy atom. The predicted molar refractivity (Wildman–Crippen MR) is 99.2 cm³/mol.